The molecule has 1 aromatic carbocycles. The lowest BCUT2D eigenvalue weighted by Crippen LogP contribution is -2.07. The summed E-state index contributed by atoms with van der Waals surface area (Å²) in [6.45, 7) is 5.05. The lowest BCUT2D eigenvalue weighted by molar-refractivity contribution is 0.415. The minimum absolute atomic E-state index is 0.448. The highest BCUT2D eigenvalue weighted by Crippen LogP contribution is 2.36. The van der Waals surface area contributed by atoms with Crippen molar-refractivity contribution in [2.24, 2.45) is 12.8 Å². The Kier molecular flexibility index (Phi) is 4.07. The van der Waals surface area contributed by atoms with Crippen LogP contribution in [-0.2, 0) is 13.5 Å². The first-order valence-corrected chi connectivity index (χ1v) is 6.93. The third-order valence-corrected chi connectivity index (χ3v) is 3.86. The quantitative estimate of drug-likeness (QED) is 0.932. The van der Waals surface area contributed by atoms with E-state index in [4.69, 9.17) is 22.1 Å². The van der Waals surface area contributed by atoms with E-state index in [0.717, 1.165) is 11.9 Å². The first kappa shape index (κ1) is 14.2. The summed E-state index contributed by atoms with van der Waals surface area (Å²) >= 11 is 6.23. The van der Waals surface area contributed by atoms with Gasteiger partial charge in [-0.3, -0.25) is 0 Å². The molecule has 0 saturated heterocycles. The van der Waals surface area contributed by atoms with E-state index in [0.29, 0.717) is 23.2 Å². The Morgan fingerprint density at radius 3 is 2.58 bits per heavy atom. The van der Waals surface area contributed by atoms with Gasteiger partial charge in [-0.05, 0) is 36.6 Å². The second-order valence-corrected chi connectivity index (χ2v) is 5.53. The molecule has 0 amide bonds. The molecule has 2 aromatic rings. The molecule has 0 radical (unpaired) electrons. The van der Waals surface area contributed by atoms with Crippen LogP contribution in [0.2, 0.25) is 5.02 Å². The fraction of sp³-hybridized carbons (Fsp3) is 0.467. The minimum atomic E-state index is 0.448. The molecule has 104 valence electrons. The number of rotatable bonds is 4. The maximum Gasteiger partial charge on any atom is 0.138 e. The van der Waals surface area contributed by atoms with E-state index in [2.05, 4.69) is 25.5 Å². The zero-order valence-corrected chi connectivity index (χ0v) is 12.7. The van der Waals surface area contributed by atoms with Crippen LogP contribution in [-0.4, -0.2) is 18.2 Å². The van der Waals surface area contributed by atoms with Gasteiger partial charge in [0.25, 0.3) is 0 Å². The molecule has 1 heterocycles. The van der Waals surface area contributed by atoms with Crippen molar-refractivity contribution in [3.05, 3.63) is 28.4 Å². The molecule has 0 aliphatic rings. The van der Waals surface area contributed by atoms with Crippen LogP contribution < -0.4 is 10.5 Å². The summed E-state index contributed by atoms with van der Waals surface area (Å²) in [4.78, 5) is 0. The number of benzene rings is 1. The molecule has 2 N–H and O–H groups in total. The molecule has 0 saturated carbocycles. The van der Waals surface area contributed by atoms with Crippen molar-refractivity contribution in [1.29, 1.82) is 0 Å². The Hall–Kier alpha value is -1.19. The molecule has 0 aliphatic carbocycles. The van der Waals surface area contributed by atoms with Crippen molar-refractivity contribution in [3.63, 3.8) is 0 Å². The summed E-state index contributed by atoms with van der Waals surface area (Å²) in [7, 11) is 3.72. The summed E-state index contributed by atoms with van der Waals surface area (Å²) in [5.74, 6) is 1.16. The van der Waals surface area contributed by atoms with Crippen LogP contribution >= 0.6 is 11.6 Å². The number of fused-ring (bicyclic) bond motifs is 1. The van der Waals surface area contributed by atoms with Crippen molar-refractivity contribution in [2.45, 2.75) is 26.2 Å². The third-order valence-electron chi connectivity index (χ3n) is 3.57. The fourth-order valence-corrected chi connectivity index (χ4v) is 3.07. The summed E-state index contributed by atoms with van der Waals surface area (Å²) in [5.41, 5.74) is 9.53. The highest BCUT2D eigenvalue weighted by Gasteiger charge is 2.18. The molecule has 19 heavy (non-hydrogen) atoms. The highest BCUT2D eigenvalue weighted by molar-refractivity contribution is 6.32. The van der Waals surface area contributed by atoms with Gasteiger partial charge in [-0.2, -0.15) is 0 Å². The van der Waals surface area contributed by atoms with Crippen LogP contribution in [0.25, 0.3) is 10.9 Å². The van der Waals surface area contributed by atoms with Gasteiger partial charge < -0.3 is 15.0 Å². The van der Waals surface area contributed by atoms with Gasteiger partial charge in [-0.15, -0.1) is 0 Å². The fourth-order valence-electron chi connectivity index (χ4n) is 2.83. The van der Waals surface area contributed by atoms with Gasteiger partial charge in [0.2, 0.25) is 0 Å². The predicted octanol–water partition coefficient (Wildman–Crippen LogP) is 3.46. The van der Waals surface area contributed by atoms with E-state index >= 15 is 0 Å². The van der Waals surface area contributed by atoms with Crippen LogP contribution in [0.3, 0.4) is 0 Å². The molecule has 1 aromatic heterocycles. The highest BCUT2D eigenvalue weighted by atomic mass is 35.5. The normalized spacial score (nSPS) is 11.5. The number of methoxy groups -OCH3 is 1. The van der Waals surface area contributed by atoms with E-state index in [1.54, 1.807) is 7.11 Å². The molecular formula is C15H21ClN2O. The maximum atomic E-state index is 6.23. The van der Waals surface area contributed by atoms with Crippen LogP contribution in [0, 0.1) is 0 Å². The van der Waals surface area contributed by atoms with E-state index in [1.165, 1.54) is 16.6 Å². The number of hydrogen-bond acceptors (Lipinski definition) is 2. The smallest absolute Gasteiger partial charge is 0.138 e. The van der Waals surface area contributed by atoms with E-state index in [9.17, 15) is 0 Å². The summed E-state index contributed by atoms with van der Waals surface area (Å²) in [6.07, 6.45) is 0.871. The van der Waals surface area contributed by atoms with Gasteiger partial charge in [-0.1, -0.05) is 25.4 Å². The van der Waals surface area contributed by atoms with Gasteiger partial charge in [0.1, 0.15) is 5.75 Å². The Bertz CT molecular complexity index is 602. The third kappa shape index (κ3) is 2.33. The number of nitrogens with two attached hydrogens (primary N) is 1. The zero-order chi connectivity index (χ0) is 14.2. The first-order valence-electron chi connectivity index (χ1n) is 6.56. The molecule has 0 fully saturated rings. The Labute approximate surface area is 119 Å². The molecule has 0 spiro atoms. The van der Waals surface area contributed by atoms with Gasteiger partial charge in [0.15, 0.2) is 0 Å². The lowest BCUT2D eigenvalue weighted by atomic mass is 10.0. The SMILES string of the molecule is COc1cc2c(CCN)c(C(C)C)n(C)c2cc1Cl. The standard InChI is InChI=1S/C15H21ClN2O/c1-9(2)15-10(5-6-17)11-7-14(19-4)12(16)8-13(11)18(15)3/h7-9H,5-6,17H2,1-4H3. The second kappa shape index (κ2) is 5.43. The molecule has 0 bridgehead atoms. The number of ether oxygens (including phenoxy) is 1. The van der Waals surface area contributed by atoms with Crippen LogP contribution in [0.1, 0.15) is 31.0 Å². The van der Waals surface area contributed by atoms with Crippen molar-refractivity contribution >= 4 is 22.5 Å². The summed E-state index contributed by atoms with van der Waals surface area (Å²) in [5, 5.41) is 1.84. The average molecular weight is 281 g/mol. The van der Waals surface area contributed by atoms with Gasteiger partial charge in [0.05, 0.1) is 17.6 Å². The van der Waals surface area contributed by atoms with Crippen LogP contribution in [0.4, 0.5) is 0 Å². The number of aromatic nitrogens is 1. The molecular weight excluding hydrogens is 260 g/mol. The van der Waals surface area contributed by atoms with Gasteiger partial charge in [0, 0.05) is 18.1 Å². The maximum absolute atomic E-state index is 6.23. The summed E-state index contributed by atoms with van der Waals surface area (Å²) < 4.78 is 7.54. The molecule has 4 heteroatoms. The second-order valence-electron chi connectivity index (χ2n) is 5.12. The molecule has 0 atom stereocenters. The molecule has 3 nitrogen and oxygen atoms in total. The Morgan fingerprint density at radius 1 is 1.37 bits per heavy atom. The molecule has 0 unspecified atom stereocenters. The predicted molar refractivity (Wildman–Crippen MR) is 81.3 cm³/mol. The number of halogens is 1. The zero-order valence-electron chi connectivity index (χ0n) is 12.0. The van der Waals surface area contributed by atoms with Crippen LogP contribution in [0.5, 0.6) is 5.75 Å². The molecule has 2 rings (SSSR count). The Balaban J connectivity index is 2.81. The number of hydrogen-bond donors (Lipinski definition) is 1. The largest absolute Gasteiger partial charge is 0.495 e. The van der Waals surface area contributed by atoms with Gasteiger partial charge >= 0.3 is 0 Å². The molecule has 0 aliphatic heterocycles. The summed E-state index contributed by atoms with van der Waals surface area (Å²) in [6, 6.07) is 4.00. The van der Waals surface area contributed by atoms with E-state index in [-0.39, 0.29) is 0 Å². The van der Waals surface area contributed by atoms with Crippen LogP contribution in [0.15, 0.2) is 12.1 Å². The first-order chi connectivity index (χ1) is 9.01. The average Bonchev–Trinajstić information content (AvgIpc) is 2.62. The van der Waals surface area contributed by atoms with Crippen molar-refractivity contribution in [3.8, 4) is 5.75 Å². The van der Waals surface area contributed by atoms with Gasteiger partial charge in [-0.25, -0.2) is 0 Å². The van der Waals surface area contributed by atoms with Crippen molar-refractivity contribution in [2.75, 3.05) is 13.7 Å². The Morgan fingerprint density at radius 2 is 2.05 bits per heavy atom. The minimum Gasteiger partial charge on any atom is -0.495 e. The number of aryl methyl sites for hydroxylation is 1. The van der Waals surface area contributed by atoms with E-state index in [1.807, 2.05) is 12.1 Å². The van der Waals surface area contributed by atoms with E-state index < -0.39 is 0 Å². The monoisotopic (exact) mass is 280 g/mol. The lowest BCUT2D eigenvalue weighted by Gasteiger charge is -2.10. The number of nitrogens with zero attached hydrogens (tertiary/aromatic N) is 1. The van der Waals surface area contributed by atoms with Crippen molar-refractivity contribution < 1.29 is 4.74 Å². The van der Waals surface area contributed by atoms with Crippen molar-refractivity contribution in [1.82, 2.24) is 4.57 Å². The topological polar surface area (TPSA) is 40.2 Å².